The van der Waals surface area contributed by atoms with Crippen LogP contribution in [-0.2, 0) is 7.05 Å². The van der Waals surface area contributed by atoms with Gasteiger partial charge >= 0.3 is 0 Å². The lowest BCUT2D eigenvalue weighted by atomic mass is 10.1. The van der Waals surface area contributed by atoms with E-state index in [2.05, 4.69) is 62.0 Å². The monoisotopic (exact) mass is 270 g/mol. The molecule has 3 heteroatoms. The summed E-state index contributed by atoms with van der Waals surface area (Å²) >= 11 is 1.80. The van der Waals surface area contributed by atoms with Crippen molar-refractivity contribution < 1.29 is 0 Å². The Labute approximate surface area is 117 Å². The maximum Gasteiger partial charge on any atom is 0.142 e. The van der Waals surface area contributed by atoms with Crippen LogP contribution in [0.4, 0.5) is 0 Å². The normalized spacial score (nSPS) is 11.8. The molecular formula is C16H18N2S. The molecule has 2 nitrogen and oxygen atoms in total. The van der Waals surface area contributed by atoms with E-state index in [1.165, 1.54) is 26.9 Å². The smallest absolute Gasteiger partial charge is 0.142 e. The Morgan fingerprint density at radius 3 is 2.63 bits per heavy atom. The van der Waals surface area contributed by atoms with Crippen molar-refractivity contribution in [1.29, 1.82) is 0 Å². The summed E-state index contributed by atoms with van der Waals surface area (Å²) in [5.74, 6) is 0.452. The molecule has 98 valence electrons. The minimum Gasteiger partial charge on any atom is -0.328 e. The fourth-order valence-corrected chi connectivity index (χ4v) is 3.22. The van der Waals surface area contributed by atoms with Gasteiger partial charge in [0.05, 0.1) is 5.52 Å². The molecule has 0 fully saturated rings. The summed E-state index contributed by atoms with van der Waals surface area (Å²) < 4.78 is 2.20. The van der Waals surface area contributed by atoms with Crippen molar-refractivity contribution in [3.05, 3.63) is 36.0 Å². The Morgan fingerprint density at radius 1 is 1.21 bits per heavy atom. The predicted octanol–water partition coefficient (Wildman–Crippen LogP) is 4.57. The van der Waals surface area contributed by atoms with Crippen molar-refractivity contribution in [3.8, 4) is 0 Å². The van der Waals surface area contributed by atoms with Gasteiger partial charge in [0.15, 0.2) is 0 Å². The number of rotatable bonds is 2. The number of pyridine rings is 1. The van der Waals surface area contributed by atoms with E-state index in [0.29, 0.717) is 5.92 Å². The molecule has 0 radical (unpaired) electrons. The van der Waals surface area contributed by atoms with Gasteiger partial charge in [-0.05, 0) is 24.3 Å². The summed E-state index contributed by atoms with van der Waals surface area (Å²) in [5.41, 5.74) is 3.51. The van der Waals surface area contributed by atoms with Crippen LogP contribution in [0.5, 0.6) is 0 Å². The van der Waals surface area contributed by atoms with Crippen molar-refractivity contribution in [3.63, 3.8) is 0 Å². The van der Waals surface area contributed by atoms with Crippen LogP contribution in [0.15, 0.2) is 35.2 Å². The molecule has 2 heterocycles. The molecule has 3 aromatic rings. The number of aromatic nitrogens is 2. The van der Waals surface area contributed by atoms with Crippen LogP contribution in [0.25, 0.3) is 21.9 Å². The zero-order valence-corrected chi connectivity index (χ0v) is 12.6. The molecule has 0 N–H and O–H groups in total. The zero-order valence-electron chi connectivity index (χ0n) is 11.8. The van der Waals surface area contributed by atoms with Crippen LogP contribution in [0, 0.1) is 0 Å². The number of hydrogen-bond acceptors (Lipinski definition) is 2. The van der Waals surface area contributed by atoms with E-state index >= 15 is 0 Å². The number of thioether (sulfide) groups is 1. The average Bonchev–Trinajstić information content (AvgIpc) is 2.72. The highest BCUT2D eigenvalue weighted by molar-refractivity contribution is 7.98. The fraction of sp³-hybridized carbons (Fsp3) is 0.312. The molecule has 0 bridgehead atoms. The first-order chi connectivity index (χ1) is 9.13. The molecule has 0 spiro atoms. The molecule has 0 saturated heterocycles. The van der Waals surface area contributed by atoms with Crippen LogP contribution >= 0.6 is 11.8 Å². The molecule has 3 rings (SSSR count). The van der Waals surface area contributed by atoms with Crippen LogP contribution in [-0.4, -0.2) is 15.8 Å². The second-order valence-corrected chi connectivity index (χ2v) is 6.03. The number of para-hydroxylation sites is 1. The average molecular weight is 270 g/mol. The van der Waals surface area contributed by atoms with Crippen molar-refractivity contribution in [2.45, 2.75) is 24.7 Å². The number of nitrogens with zero attached hydrogens (tertiary/aromatic N) is 2. The Hall–Kier alpha value is -1.48. The molecule has 0 atom stereocenters. The quantitative estimate of drug-likeness (QED) is 0.635. The third-order valence-corrected chi connectivity index (χ3v) is 4.41. The first-order valence-electron chi connectivity index (χ1n) is 6.55. The van der Waals surface area contributed by atoms with Crippen LogP contribution in [0.1, 0.15) is 25.5 Å². The van der Waals surface area contributed by atoms with Gasteiger partial charge in [0.2, 0.25) is 0 Å². The van der Waals surface area contributed by atoms with E-state index in [4.69, 9.17) is 4.98 Å². The summed E-state index contributed by atoms with van der Waals surface area (Å²) in [5, 5.41) is 2.59. The highest BCUT2D eigenvalue weighted by atomic mass is 32.2. The van der Waals surface area contributed by atoms with E-state index in [9.17, 15) is 0 Å². The highest BCUT2D eigenvalue weighted by Crippen LogP contribution is 2.35. The SMILES string of the molecule is CSc1cc(C(C)C)nc2c1c1ccccc1n2C. The summed E-state index contributed by atoms with van der Waals surface area (Å²) in [4.78, 5) is 6.19. The Morgan fingerprint density at radius 2 is 1.95 bits per heavy atom. The summed E-state index contributed by atoms with van der Waals surface area (Å²) in [6, 6.07) is 10.8. The van der Waals surface area contributed by atoms with Gasteiger partial charge in [-0.1, -0.05) is 32.0 Å². The van der Waals surface area contributed by atoms with E-state index in [1.807, 2.05) is 0 Å². The molecule has 19 heavy (non-hydrogen) atoms. The summed E-state index contributed by atoms with van der Waals surface area (Å²) in [7, 11) is 2.10. The van der Waals surface area contributed by atoms with Gasteiger partial charge in [-0.15, -0.1) is 11.8 Å². The van der Waals surface area contributed by atoms with Gasteiger partial charge in [0.1, 0.15) is 5.65 Å². The first-order valence-corrected chi connectivity index (χ1v) is 7.78. The third-order valence-electron chi connectivity index (χ3n) is 3.65. The van der Waals surface area contributed by atoms with Gasteiger partial charge in [-0.3, -0.25) is 0 Å². The molecule has 0 aliphatic carbocycles. The van der Waals surface area contributed by atoms with Crippen LogP contribution < -0.4 is 0 Å². The summed E-state index contributed by atoms with van der Waals surface area (Å²) in [6.45, 7) is 4.39. The second-order valence-electron chi connectivity index (χ2n) is 5.18. The zero-order chi connectivity index (χ0) is 13.6. The van der Waals surface area contributed by atoms with Crippen molar-refractivity contribution in [2.24, 2.45) is 7.05 Å². The minimum absolute atomic E-state index is 0.452. The largest absolute Gasteiger partial charge is 0.328 e. The van der Waals surface area contributed by atoms with E-state index < -0.39 is 0 Å². The maximum absolute atomic E-state index is 4.87. The summed E-state index contributed by atoms with van der Waals surface area (Å²) in [6.07, 6.45) is 2.14. The second kappa shape index (κ2) is 4.57. The van der Waals surface area contributed by atoms with Crippen LogP contribution in [0.3, 0.4) is 0 Å². The number of fused-ring (bicyclic) bond motifs is 3. The molecule has 0 aliphatic heterocycles. The molecule has 0 unspecified atom stereocenters. The van der Waals surface area contributed by atoms with Gasteiger partial charge in [0, 0.05) is 28.4 Å². The topological polar surface area (TPSA) is 17.8 Å². The molecule has 1 aromatic carbocycles. The van der Waals surface area contributed by atoms with Gasteiger partial charge in [-0.2, -0.15) is 0 Å². The Bertz CT molecular complexity index is 756. The molecule has 0 amide bonds. The molecule has 2 aromatic heterocycles. The fourth-order valence-electron chi connectivity index (χ4n) is 2.57. The van der Waals surface area contributed by atoms with E-state index in [0.717, 1.165) is 5.65 Å². The van der Waals surface area contributed by atoms with Crippen molar-refractivity contribution in [2.75, 3.05) is 6.26 Å². The number of hydrogen-bond donors (Lipinski definition) is 0. The Balaban J connectivity index is 2.51. The molecule has 0 aliphatic rings. The van der Waals surface area contributed by atoms with Crippen molar-refractivity contribution >= 4 is 33.7 Å². The minimum atomic E-state index is 0.452. The third kappa shape index (κ3) is 1.84. The maximum atomic E-state index is 4.87. The predicted molar refractivity (Wildman–Crippen MR) is 84.1 cm³/mol. The lowest BCUT2D eigenvalue weighted by Gasteiger charge is -2.08. The lowest BCUT2D eigenvalue weighted by Crippen LogP contribution is -1.97. The standard InChI is InChI=1S/C16H18N2S/c1-10(2)12-9-14(19-4)15-11-7-5-6-8-13(11)18(3)16(15)17-12/h5-10H,1-4H3. The van der Waals surface area contributed by atoms with E-state index in [-0.39, 0.29) is 0 Å². The first kappa shape index (κ1) is 12.5. The number of benzene rings is 1. The lowest BCUT2D eigenvalue weighted by molar-refractivity contribution is 0.817. The van der Waals surface area contributed by atoms with Gasteiger partial charge in [-0.25, -0.2) is 4.98 Å². The van der Waals surface area contributed by atoms with E-state index in [1.54, 1.807) is 11.8 Å². The number of aryl methyl sites for hydroxylation is 1. The van der Waals surface area contributed by atoms with Crippen LogP contribution in [0.2, 0.25) is 0 Å². The van der Waals surface area contributed by atoms with Gasteiger partial charge in [0.25, 0.3) is 0 Å². The van der Waals surface area contributed by atoms with Gasteiger partial charge < -0.3 is 4.57 Å². The highest BCUT2D eigenvalue weighted by Gasteiger charge is 2.15. The molecule has 0 saturated carbocycles. The van der Waals surface area contributed by atoms with Crippen molar-refractivity contribution in [1.82, 2.24) is 9.55 Å². The Kier molecular flexibility index (Phi) is 3.02. The molecular weight excluding hydrogens is 252 g/mol.